The maximum atomic E-state index is 13.1. The van der Waals surface area contributed by atoms with Crippen LogP contribution in [0.3, 0.4) is 0 Å². The summed E-state index contributed by atoms with van der Waals surface area (Å²) in [5.41, 5.74) is -1.26. The summed E-state index contributed by atoms with van der Waals surface area (Å²) in [5.74, 6) is -1.69. The molecule has 0 spiro atoms. The Kier molecular flexibility index (Phi) is 6.96. The van der Waals surface area contributed by atoms with Gasteiger partial charge in [-0.1, -0.05) is 42.1 Å². The quantitative estimate of drug-likeness (QED) is 0.511. The van der Waals surface area contributed by atoms with E-state index in [1.807, 2.05) is 30.3 Å². The number of amides is 1. The van der Waals surface area contributed by atoms with Crippen LogP contribution in [0.4, 0.5) is 18.9 Å². The lowest BCUT2D eigenvalue weighted by Gasteiger charge is -2.17. The average molecular weight is 446 g/mol. The number of carbonyl (C=O) groups excluding carboxylic acids is 2. The van der Waals surface area contributed by atoms with Crippen LogP contribution in [0.15, 0.2) is 82.8 Å². The predicted octanol–water partition coefficient (Wildman–Crippen LogP) is 5.44. The van der Waals surface area contributed by atoms with Crippen LogP contribution in [0, 0.1) is 0 Å². The molecule has 0 saturated heterocycles. The molecule has 3 aromatic rings. The van der Waals surface area contributed by atoms with Gasteiger partial charge in [0.25, 0.3) is 5.91 Å². The van der Waals surface area contributed by atoms with Crippen LogP contribution in [-0.2, 0) is 15.7 Å². The van der Waals surface area contributed by atoms with Crippen LogP contribution in [0.5, 0.6) is 0 Å². The first-order valence-electron chi connectivity index (χ1n) is 9.11. The number of alkyl halides is 3. The number of nitrogens with zero attached hydrogens (tertiary/aromatic N) is 1. The zero-order chi connectivity index (χ0) is 22.4. The zero-order valence-electron chi connectivity index (χ0n) is 16.2. The third-order valence-electron chi connectivity index (χ3n) is 4.09. The molecule has 1 atom stereocenters. The van der Waals surface area contributed by atoms with Gasteiger partial charge in [0.1, 0.15) is 5.03 Å². The van der Waals surface area contributed by atoms with Crippen molar-refractivity contribution in [2.75, 3.05) is 5.32 Å². The maximum Gasteiger partial charge on any atom is 0.418 e. The number of rotatable bonds is 6. The van der Waals surface area contributed by atoms with E-state index in [0.29, 0.717) is 5.03 Å². The van der Waals surface area contributed by atoms with Crippen molar-refractivity contribution in [3.63, 3.8) is 0 Å². The van der Waals surface area contributed by atoms with Crippen molar-refractivity contribution in [3.05, 3.63) is 84.1 Å². The van der Waals surface area contributed by atoms with Crippen molar-refractivity contribution in [2.24, 2.45) is 0 Å². The molecule has 160 valence electrons. The van der Waals surface area contributed by atoms with Crippen molar-refractivity contribution in [1.82, 2.24) is 4.98 Å². The van der Waals surface area contributed by atoms with Crippen molar-refractivity contribution in [1.29, 1.82) is 0 Å². The van der Waals surface area contributed by atoms with Crippen molar-refractivity contribution < 1.29 is 27.5 Å². The number of ether oxygens (including phenoxy) is 1. The molecule has 0 radical (unpaired) electrons. The molecule has 1 heterocycles. The van der Waals surface area contributed by atoms with Crippen molar-refractivity contribution in [2.45, 2.75) is 29.1 Å². The number of nitrogens with one attached hydrogen (secondary N) is 1. The first kappa shape index (κ1) is 22.4. The lowest BCUT2D eigenvalue weighted by Crippen LogP contribution is -2.31. The zero-order valence-corrected chi connectivity index (χ0v) is 17.0. The third kappa shape index (κ3) is 5.85. The van der Waals surface area contributed by atoms with Gasteiger partial charge in [-0.15, -0.1) is 0 Å². The molecule has 9 heteroatoms. The highest BCUT2D eigenvalue weighted by Crippen LogP contribution is 2.34. The maximum absolute atomic E-state index is 13.1. The Morgan fingerprint density at radius 1 is 1.00 bits per heavy atom. The second kappa shape index (κ2) is 9.65. The molecule has 0 bridgehead atoms. The highest BCUT2D eigenvalue weighted by atomic mass is 32.2. The van der Waals surface area contributed by atoms with Crippen LogP contribution >= 0.6 is 11.8 Å². The molecule has 31 heavy (non-hydrogen) atoms. The van der Waals surface area contributed by atoms with Crippen LogP contribution in [0.2, 0.25) is 0 Å². The molecule has 0 aliphatic carbocycles. The van der Waals surface area contributed by atoms with Crippen molar-refractivity contribution >= 4 is 29.3 Å². The van der Waals surface area contributed by atoms with Gasteiger partial charge in [0.05, 0.1) is 16.8 Å². The van der Waals surface area contributed by atoms with Gasteiger partial charge in [-0.25, -0.2) is 9.78 Å². The van der Waals surface area contributed by atoms with E-state index >= 15 is 0 Å². The van der Waals surface area contributed by atoms with Gasteiger partial charge < -0.3 is 10.1 Å². The first-order valence-corrected chi connectivity index (χ1v) is 9.93. The fourth-order valence-electron chi connectivity index (χ4n) is 2.58. The smallest absolute Gasteiger partial charge is 0.418 e. The number of halogens is 3. The number of carbonyl (C=O) groups is 2. The molecule has 2 aromatic carbocycles. The van der Waals surface area contributed by atoms with Gasteiger partial charge in [-0.3, -0.25) is 4.79 Å². The van der Waals surface area contributed by atoms with E-state index in [2.05, 4.69) is 10.3 Å². The lowest BCUT2D eigenvalue weighted by atomic mass is 10.1. The largest absolute Gasteiger partial charge is 0.449 e. The number of benzene rings is 2. The second-order valence-corrected chi connectivity index (χ2v) is 7.41. The van der Waals surface area contributed by atoms with E-state index in [0.717, 1.165) is 17.0 Å². The summed E-state index contributed by atoms with van der Waals surface area (Å²) in [6, 6.07) is 16.9. The number of esters is 1. The highest BCUT2D eigenvalue weighted by Gasteiger charge is 2.34. The van der Waals surface area contributed by atoms with Crippen LogP contribution in [0.25, 0.3) is 0 Å². The minimum absolute atomic E-state index is 0.145. The van der Waals surface area contributed by atoms with Gasteiger partial charge in [0.2, 0.25) is 0 Å². The van der Waals surface area contributed by atoms with E-state index in [9.17, 15) is 22.8 Å². The average Bonchev–Trinajstić information content (AvgIpc) is 2.74. The van der Waals surface area contributed by atoms with Gasteiger partial charge in [0, 0.05) is 11.1 Å². The number of pyridine rings is 1. The Hall–Kier alpha value is -3.33. The Balaban J connectivity index is 1.71. The van der Waals surface area contributed by atoms with Crippen LogP contribution in [-0.4, -0.2) is 23.0 Å². The van der Waals surface area contributed by atoms with E-state index in [1.165, 1.54) is 43.1 Å². The molecular weight excluding hydrogens is 429 g/mol. The molecule has 0 saturated carbocycles. The summed E-state index contributed by atoms with van der Waals surface area (Å²) in [6.45, 7) is 1.28. The third-order valence-corrected chi connectivity index (χ3v) is 5.12. The first-order chi connectivity index (χ1) is 14.8. The summed E-state index contributed by atoms with van der Waals surface area (Å²) in [5, 5.41) is 2.55. The Morgan fingerprint density at radius 2 is 1.68 bits per heavy atom. The normalized spacial score (nSPS) is 12.1. The molecule has 1 N–H and O–H groups in total. The Bertz CT molecular complexity index is 1070. The fourth-order valence-corrected chi connectivity index (χ4v) is 3.47. The highest BCUT2D eigenvalue weighted by molar-refractivity contribution is 7.99. The summed E-state index contributed by atoms with van der Waals surface area (Å²) in [6.07, 6.45) is -4.45. The Labute approximate surface area is 180 Å². The molecule has 3 rings (SSSR count). The molecule has 0 aliphatic heterocycles. The molecule has 0 aliphatic rings. The Morgan fingerprint density at radius 3 is 2.39 bits per heavy atom. The number of hydrogen-bond donors (Lipinski definition) is 1. The number of aromatic nitrogens is 1. The monoisotopic (exact) mass is 446 g/mol. The van der Waals surface area contributed by atoms with E-state index in [1.54, 1.807) is 6.07 Å². The molecule has 5 nitrogen and oxygen atoms in total. The van der Waals surface area contributed by atoms with Gasteiger partial charge in [-0.2, -0.15) is 13.2 Å². The topological polar surface area (TPSA) is 68.3 Å². The summed E-state index contributed by atoms with van der Waals surface area (Å²) >= 11 is 1.25. The van der Waals surface area contributed by atoms with Crippen molar-refractivity contribution in [3.8, 4) is 0 Å². The fraction of sp³-hybridized carbons (Fsp3) is 0.136. The molecule has 0 fully saturated rings. The number of hydrogen-bond acceptors (Lipinski definition) is 5. The van der Waals surface area contributed by atoms with E-state index in [-0.39, 0.29) is 5.56 Å². The molecule has 1 amide bonds. The number of para-hydroxylation sites is 1. The second-order valence-electron chi connectivity index (χ2n) is 6.35. The van der Waals surface area contributed by atoms with E-state index < -0.39 is 35.4 Å². The molecule has 1 aromatic heterocycles. The minimum atomic E-state index is -4.64. The van der Waals surface area contributed by atoms with Gasteiger partial charge in [-0.05, 0) is 43.3 Å². The van der Waals surface area contributed by atoms with Gasteiger partial charge >= 0.3 is 12.1 Å². The van der Waals surface area contributed by atoms with E-state index in [4.69, 9.17) is 4.74 Å². The SMILES string of the molecule is CC(OC(=O)c1cccnc1Sc1ccccc1)C(=O)Nc1ccccc1C(F)(F)F. The van der Waals surface area contributed by atoms with Crippen LogP contribution in [0.1, 0.15) is 22.8 Å². The number of anilines is 1. The lowest BCUT2D eigenvalue weighted by molar-refractivity contribution is -0.137. The minimum Gasteiger partial charge on any atom is -0.449 e. The molecular formula is C22H17F3N2O3S. The van der Waals surface area contributed by atoms with Gasteiger partial charge in [0.15, 0.2) is 6.10 Å². The summed E-state index contributed by atoms with van der Waals surface area (Å²) in [4.78, 5) is 30.0. The standard InChI is InChI=1S/C22H17F3N2O3S/c1-14(19(28)27-18-12-6-5-11-17(18)22(23,24)25)30-21(29)16-10-7-13-26-20(16)31-15-8-3-2-4-9-15/h2-14H,1H3,(H,27,28). The predicted molar refractivity (Wildman–Crippen MR) is 110 cm³/mol. The summed E-state index contributed by atoms with van der Waals surface area (Å²) < 4.78 is 44.5. The summed E-state index contributed by atoms with van der Waals surface area (Å²) in [7, 11) is 0. The van der Waals surface area contributed by atoms with Crippen LogP contribution < -0.4 is 5.32 Å². The molecule has 1 unspecified atom stereocenters.